The molecule has 0 saturated heterocycles. The van der Waals surface area contributed by atoms with Gasteiger partial charge in [0.15, 0.2) is 6.10 Å². The van der Waals surface area contributed by atoms with Gasteiger partial charge in [0, 0.05) is 19.4 Å². The van der Waals surface area contributed by atoms with E-state index in [1.54, 1.807) is 0 Å². The van der Waals surface area contributed by atoms with Crippen molar-refractivity contribution in [3.05, 3.63) is 12.2 Å². The molecule has 0 bridgehead atoms. The number of unbranched alkanes of at least 4 members (excludes halogenated alkanes) is 22. The summed E-state index contributed by atoms with van der Waals surface area (Å²) in [7, 11) is -4.37. The summed E-state index contributed by atoms with van der Waals surface area (Å²) >= 11 is 0. The molecule has 0 heterocycles. The molecule has 0 aliphatic rings. The van der Waals surface area contributed by atoms with Crippen LogP contribution in [0, 0.1) is 0 Å². The Morgan fingerprint density at radius 3 is 1.50 bits per heavy atom. The van der Waals surface area contributed by atoms with E-state index in [9.17, 15) is 19.0 Å². The fourth-order valence-corrected chi connectivity index (χ4v) is 6.22. The minimum absolute atomic E-state index is 0.0552. The highest BCUT2D eigenvalue weighted by Gasteiger charge is 2.25. The van der Waals surface area contributed by atoms with Crippen LogP contribution in [0.15, 0.2) is 12.2 Å². The van der Waals surface area contributed by atoms with Crippen molar-refractivity contribution in [1.29, 1.82) is 0 Å². The van der Waals surface area contributed by atoms with Gasteiger partial charge >= 0.3 is 19.8 Å². The second-order valence-electron chi connectivity index (χ2n) is 13.2. The van der Waals surface area contributed by atoms with Gasteiger partial charge in [0.2, 0.25) is 0 Å². The average Bonchev–Trinajstić information content (AvgIpc) is 3.07. The molecule has 0 radical (unpaired) electrons. The average molecular weight is 704 g/mol. The number of hydrogen-bond donors (Lipinski definition) is 2. The number of carbonyl (C=O) groups excluding carboxylic acids is 2. The van der Waals surface area contributed by atoms with Gasteiger partial charge in [-0.2, -0.15) is 0 Å². The normalized spacial score (nSPS) is 13.5. The number of esters is 2. The first kappa shape index (κ1) is 46.8. The molecular formula is C38H74NO8P. The van der Waals surface area contributed by atoms with Crippen LogP contribution in [0.3, 0.4) is 0 Å². The third-order valence-electron chi connectivity index (χ3n) is 8.40. The van der Waals surface area contributed by atoms with Crippen LogP contribution >= 0.6 is 7.82 Å². The van der Waals surface area contributed by atoms with Gasteiger partial charge in [0.05, 0.1) is 13.2 Å². The second-order valence-corrected chi connectivity index (χ2v) is 14.6. The molecule has 0 aliphatic carbocycles. The van der Waals surface area contributed by atoms with Crippen molar-refractivity contribution < 1.29 is 37.6 Å². The summed E-state index contributed by atoms with van der Waals surface area (Å²) in [5.74, 6) is -0.828. The highest BCUT2D eigenvalue weighted by molar-refractivity contribution is 7.47. The molecule has 284 valence electrons. The van der Waals surface area contributed by atoms with Crippen molar-refractivity contribution in [3.63, 3.8) is 0 Å². The molecule has 0 amide bonds. The van der Waals surface area contributed by atoms with Crippen molar-refractivity contribution in [3.8, 4) is 0 Å². The molecule has 0 rings (SSSR count). The minimum atomic E-state index is -4.37. The first-order chi connectivity index (χ1) is 23.3. The van der Waals surface area contributed by atoms with Crippen molar-refractivity contribution in [2.75, 3.05) is 26.4 Å². The zero-order valence-corrected chi connectivity index (χ0v) is 31.9. The lowest BCUT2D eigenvalue weighted by molar-refractivity contribution is -0.161. The molecule has 0 aromatic carbocycles. The molecule has 0 spiro atoms. The Hall–Kier alpha value is -1.25. The van der Waals surface area contributed by atoms with Gasteiger partial charge < -0.3 is 20.1 Å². The predicted molar refractivity (Wildman–Crippen MR) is 197 cm³/mol. The van der Waals surface area contributed by atoms with E-state index in [0.717, 1.165) is 44.9 Å². The van der Waals surface area contributed by atoms with Gasteiger partial charge in [0.1, 0.15) is 6.61 Å². The number of ether oxygens (including phenoxy) is 2. The summed E-state index contributed by atoms with van der Waals surface area (Å²) in [6.45, 7) is 3.72. The molecule has 48 heavy (non-hydrogen) atoms. The molecule has 0 aromatic rings. The van der Waals surface area contributed by atoms with E-state index in [2.05, 4.69) is 26.0 Å². The predicted octanol–water partition coefficient (Wildman–Crippen LogP) is 10.7. The molecule has 10 heteroatoms. The number of rotatable bonds is 37. The van der Waals surface area contributed by atoms with Gasteiger partial charge in [-0.3, -0.25) is 18.6 Å². The summed E-state index contributed by atoms with van der Waals surface area (Å²) in [4.78, 5) is 34.7. The molecule has 0 aromatic heterocycles. The smallest absolute Gasteiger partial charge is 0.462 e. The van der Waals surface area contributed by atoms with E-state index in [1.165, 1.54) is 109 Å². The Kier molecular flexibility index (Phi) is 34.6. The minimum Gasteiger partial charge on any atom is -0.462 e. The lowest BCUT2D eigenvalue weighted by atomic mass is 10.0. The Labute approximate surface area is 294 Å². The Morgan fingerprint density at radius 2 is 1.02 bits per heavy atom. The lowest BCUT2D eigenvalue weighted by Gasteiger charge is -2.19. The summed E-state index contributed by atoms with van der Waals surface area (Å²) in [6.07, 6.45) is 33.8. The van der Waals surface area contributed by atoms with Crippen LogP contribution in [0.2, 0.25) is 0 Å². The van der Waals surface area contributed by atoms with E-state index in [4.69, 9.17) is 24.3 Å². The highest BCUT2D eigenvalue weighted by Crippen LogP contribution is 2.43. The van der Waals surface area contributed by atoms with E-state index in [0.29, 0.717) is 6.42 Å². The van der Waals surface area contributed by atoms with Crippen molar-refractivity contribution in [1.82, 2.24) is 0 Å². The van der Waals surface area contributed by atoms with Crippen LogP contribution in [0.4, 0.5) is 0 Å². The molecule has 0 aliphatic heterocycles. The van der Waals surface area contributed by atoms with Gasteiger partial charge in [-0.1, -0.05) is 148 Å². The van der Waals surface area contributed by atoms with Crippen LogP contribution in [0.5, 0.6) is 0 Å². The third kappa shape index (κ3) is 34.6. The summed E-state index contributed by atoms with van der Waals surface area (Å²) < 4.78 is 32.7. The first-order valence-electron chi connectivity index (χ1n) is 19.7. The maximum absolute atomic E-state index is 12.5. The van der Waals surface area contributed by atoms with Crippen LogP contribution in [0.25, 0.3) is 0 Å². The van der Waals surface area contributed by atoms with Gasteiger partial charge in [0.25, 0.3) is 0 Å². The van der Waals surface area contributed by atoms with Gasteiger partial charge in [-0.05, 0) is 38.5 Å². The first-order valence-corrected chi connectivity index (χ1v) is 21.2. The molecule has 3 N–H and O–H groups in total. The van der Waals surface area contributed by atoms with Crippen molar-refractivity contribution in [2.45, 2.75) is 193 Å². The number of phosphoric acid groups is 1. The molecule has 2 atom stereocenters. The number of allylic oxidation sites excluding steroid dienone is 2. The Morgan fingerprint density at radius 1 is 0.604 bits per heavy atom. The maximum atomic E-state index is 12.5. The standard InChI is InChI=1S/C38H74NO8P/c1-3-5-7-9-11-13-15-17-18-19-21-23-25-27-29-31-38(41)47-36(35-46-48(42,43)45-33-32-39)34-44-37(40)30-28-26-24-22-20-16-14-12-10-8-6-4-2/h13,15,36H,3-12,14,16-35,39H2,1-2H3,(H,42,43). The molecule has 0 fully saturated rings. The summed E-state index contributed by atoms with van der Waals surface area (Å²) in [6, 6.07) is 0. The zero-order chi connectivity index (χ0) is 35.4. The number of carbonyl (C=O) groups is 2. The maximum Gasteiger partial charge on any atom is 0.472 e. The molecular weight excluding hydrogens is 629 g/mol. The van der Waals surface area contributed by atoms with Crippen LogP contribution < -0.4 is 5.73 Å². The largest absolute Gasteiger partial charge is 0.472 e. The Bertz CT molecular complexity index is 810. The van der Waals surface area contributed by atoms with Crippen LogP contribution in [0.1, 0.15) is 187 Å². The Balaban J connectivity index is 4.19. The van der Waals surface area contributed by atoms with Crippen molar-refractivity contribution in [2.24, 2.45) is 5.73 Å². The van der Waals surface area contributed by atoms with Crippen LogP contribution in [-0.4, -0.2) is 49.3 Å². The highest BCUT2D eigenvalue weighted by atomic mass is 31.2. The number of nitrogens with two attached hydrogens (primary N) is 1. The molecule has 0 saturated carbocycles. The van der Waals surface area contributed by atoms with E-state index in [1.807, 2.05) is 0 Å². The third-order valence-corrected chi connectivity index (χ3v) is 9.39. The monoisotopic (exact) mass is 704 g/mol. The zero-order valence-electron chi connectivity index (χ0n) is 31.0. The summed E-state index contributed by atoms with van der Waals surface area (Å²) in [5, 5.41) is 0. The quantitative estimate of drug-likeness (QED) is 0.0280. The number of hydrogen-bond acceptors (Lipinski definition) is 8. The molecule has 9 nitrogen and oxygen atoms in total. The SMILES string of the molecule is CCCCCCC=CCCCCCCCCCC(=O)OC(COC(=O)CCCCCCCCCCCCCC)COP(=O)(O)OCCN. The van der Waals surface area contributed by atoms with E-state index in [-0.39, 0.29) is 38.6 Å². The molecule has 2 unspecified atom stereocenters. The van der Waals surface area contributed by atoms with Crippen LogP contribution in [-0.2, 0) is 32.7 Å². The van der Waals surface area contributed by atoms with Crippen molar-refractivity contribution >= 4 is 19.8 Å². The topological polar surface area (TPSA) is 134 Å². The fourth-order valence-electron chi connectivity index (χ4n) is 5.45. The number of phosphoric ester groups is 1. The van der Waals surface area contributed by atoms with E-state index < -0.39 is 26.5 Å². The summed E-state index contributed by atoms with van der Waals surface area (Å²) in [5.41, 5.74) is 5.33. The lowest BCUT2D eigenvalue weighted by Crippen LogP contribution is -2.29. The fraction of sp³-hybridized carbons (Fsp3) is 0.895. The van der Waals surface area contributed by atoms with E-state index >= 15 is 0 Å². The van der Waals surface area contributed by atoms with Gasteiger partial charge in [-0.25, -0.2) is 4.57 Å². The van der Waals surface area contributed by atoms with Gasteiger partial charge in [-0.15, -0.1) is 0 Å². The second kappa shape index (κ2) is 35.6.